The van der Waals surface area contributed by atoms with Crippen LogP contribution < -0.4 is 15.2 Å². The zero-order chi connectivity index (χ0) is 25.5. The molecule has 0 saturated carbocycles. The van der Waals surface area contributed by atoms with Gasteiger partial charge in [-0.3, -0.25) is 4.79 Å². The molecule has 2 N–H and O–H groups in total. The monoisotopic (exact) mass is 491 g/mol. The molecule has 0 saturated heterocycles. The number of hydrogen-bond donors (Lipinski definition) is 1. The van der Waals surface area contributed by atoms with E-state index in [9.17, 15) is 4.79 Å². The summed E-state index contributed by atoms with van der Waals surface area (Å²) in [5.74, 6) is -3.53. The first kappa shape index (κ1) is 27.5. The number of benzene rings is 2. The Morgan fingerprint density at radius 3 is 2.03 bits per heavy atom. The van der Waals surface area contributed by atoms with Gasteiger partial charge in [0.25, 0.3) is 5.92 Å². The molecule has 8 heteroatoms. The summed E-state index contributed by atoms with van der Waals surface area (Å²) in [6.07, 6.45) is 0.526. The van der Waals surface area contributed by atoms with Crippen LogP contribution in [0.3, 0.4) is 0 Å². The van der Waals surface area contributed by atoms with Gasteiger partial charge >= 0.3 is 0 Å². The van der Waals surface area contributed by atoms with E-state index >= 15 is 8.78 Å². The van der Waals surface area contributed by atoms with Crippen molar-refractivity contribution in [2.24, 2.45) is 5.73 Å². The van der Waals surface area contributed by atoms with E-state index < -0.39 is 26.3 Å². The number of carbonyl (C=O) groups is 1. The SMILES string of the molecule is CC[Si](CC)(CC)OC(c1ccc(C)cc1)C(F)(F)/C=C/c1cc(OC)c(OC)cc1C(N)=O. The summed E-state index contributed by atoms with van der Waals surface area (Å²) in [5.41, 5.74) is 7.14. The van der Waals surface area contributed by atoms with Crippen molar-refractivity contribution in [3.05, 3.63) is 64.7 Å². The fraction of sp³-hybridized carbons (Fsp3) is 0.423. The average Bonchev–Trinajstić information content (AvgIpc) is 2.84. The van der Waals surface area contributed by atoms with Gasteiger partial charge in [-0.2, -0.15) is 8.78 Å². The van der Waals surface area contributed by atoms with E-state index in [1.54, 1.807) is 24.3 Å². The number of alkyl halides is 2. The Morgan fingerprint density at radius 2 is 1.56 bits per heavy atom. The minimum absolute atomic E-state index is 0.0527. The van der Waals surface area contributed by atoms with Crippen molar-refractivity contribution in [1.82, 2.24) is 0 Å². The Bertz CT molecular complexity index is 996. The van der Waals surface area contributed by atoms with E-state index in [1.807, 2.05) is 27.7 Å². The lowest BCUT2D eigenvalue weighted by molar-refractivity contribution is -0.0627. The predicted octanol–water partition coefficient (Wildman–Crippen LogP) is 6.52. The van der Waals surface area contributed by atoms with Crippen LogP contribution in [0.2, 0.25) is 18.1 Å². The van der Waals surface area contributed by atoms with Gasteiger partial charge in [0, 0.05) is 0 Å². The minimum atomic E-state index is -3.35. The second-order valence-corrected chi connectivity index (χ2v) is 13.0. The molecule has 186 valence electrons. The fourth-order valence-corrected chi connectivity index (χ4v) is 6.69. The van der Waals surface area contributed by atoms with Gasteiger partial charge in [-0.1, -0.05) is 56.7 Å². The predicted molar refractivity (Wildman–Crippen MR) is 134 cm³/mol. The number of rotatable bonds is 12. The molecule has 0 radical (unpaired) electrons. The van der Waals surface area contributed by atoms with Crippen molar-refractivity contribution in [1.29, 1.82) is 0 Å². The molecule has 0 aliphatic heterocycles. The van der Waals surface area contributed by atoms with Gasteiger partial charge in [0.1, 0.15) is 6.10 Å². The summed E-state index contributed by atoms with van der Waals surface area (Å²) in [4.78, 5) is 12.0. The summed E-state index contributed by atoms with van der Waals surface area (Å²) >= 11 is 0. The van der Waals surface area contributed by atoms with Crippen molar-refractivity contribution in [2.75, 3.05) is 14.2 Å². The highest BCUT2D eigenvalue weighted by Gasteiger charge is 2.44. The quantitative estimate of drug-likeness (QED) is 0.343. The molecule has 0 aromatic heterocycles. The second-order valence-electron chi connectivity index (χ2n) is 8.32. The van der Waals surface area contributed by atoms with Crippen LogP contribution in [0.1, 0.15) is 53.9 Å². The molecule has 2 aromatic rings. The molecule has 34 heavy (non-hydrogen) atoms. The van der Waals surface area contributed by atoms with Crippen molar-refractivity contribution in [3.63, 3.8) is 0 Å². The van der Waals surface area contributed by atoms with Crippen molar-refractivity contribution in [2.45, 2.75) is 57.9 Å². The average molecular weight is 492 g/mol. The molecule has 1 atom stereocenters. The highest BCUT2D eigenvalue weighted by Crippen LogP contribution is 2.41. The molecule has 1 unspecified atom stereocenters. The number of primary amides is 1. The Kier molecular flexibility index (Phi) is 9.41. The maximum atomic E-state index is 15.8. The lowest BCUT2D eigenvalue weighted by atomic mass is 9.99. The number of amides is 1. The van der Waals surface area contributed by atoms with Crippen LogP contribution in [0, 0.1) is 6.92 Å². The number of methoxy groups -OCH3 is 2. The van der Waals surface area contributed by atoms with Crippen LogP contribution in [0.4, 0.5) is 8.78 Å². The van der Waals surface area contributed by atoms with Gasteiger partial charge in [-0.05, 0) is 54.4 Å². The molecular weight excluding hydrogens is 456 g/mol. The topological polar surface area (TPSA) is 70.8 Å². The minimum Gasteiger partial charge on any atom is -0.493 e. The lowest BCUT2D eigenvalue weighted by Crippen LogP contribution is -2.41. The molecule has 0 aliphatic carbocycles. The first-order valence-electron chi connectivity index (χ1n) is 11.4. The largest absolute Gasteiger partial charge is 0.493 e. The molecule has 2 aromatic carbocycles. The number of carbonyl (C=O) groups excluding carboxylic acids is 1. The Hall–Kier alpha value is -2.71. The van der Waals surface area contributed by atoms with Crippen LogP contribution in [0.15, 0.2) is 42.5 Å². The molecule has 5 nitrogen and oxygen atoms in total. The first-order chi connectivity index (χ1) is 16.1. The van der Waals surface area contributed by atoms with Crippen molar-refractivity contribution >= 4 is 20.3 Å². The van der Waals surface area contributed by atoms with Crippen LogP contribution in [-0.2, 0) is 4.43 Å². The normalized spacial score (nSPS) is 13.2. The van der Waals surface area contributed by atoms with E-state index in [2.05, 4.69) is 0 Å². The highest BCUT2D eigenvalue weighted by atomic mass is 28.4. The van der Waals surface area contributed by atoms with Gasteiger partial charge in [0.15, 0.2) is 19.8 Å². The van der Waals surface area contributed by atoms with Crippen molar-refractivity contribution in [3.8, 4) is 11.5 Å². The van der Waals surface area contributed by atoms with Crippen molar-refractivity contribution < 1.29 is 27.5 Å². The van der Waals surface area contributed by atoms with E-state index in [4.69, 9.17) is 19.6 Å². The number of nitrogens with two attached hydrogens (primary N) is 1. The molecule has 1 amide bonds. The highest BCUT2D eigenvalue weighted by molar-refractivity contribution is 6.73. The van der Waals surface area contributed by atoms with Crippen LogP contribution in [0.25, 0.3) is 6.08 Å². The first-order valence-corrected chi connectivity index (χ1v) is 14.0. The van der Waals surface area contributed by atoms with E-state index in [1.165, 1.54) is 32.4 Å². The zero-order valence-electron chi connectivity index (χ0n) is 20.8. The van der Waals surface area contributed by atoms with E-state index in [-0.39, 0.29) is 16.9 Å². The molecule has 2 rings (SSSR count). The molecule has 0 aliphatic rings. The molecule has 0 heterocycles. The standard InChI is InChI=1S/C26H35F2NO4Si/c1-7-34(8-2,9-3)33-24(19-12-10-18(4)11-13-19)26(27,28)15-14-20-16-22(31-5)23(32-6)17-21(20)25(29)30/h10-17,24H,7-9H2,1-6H3,(H2,29,30)/b15-14+. The van der Waals surface area contributed by atoms with E-state index in [0.717, 1.165) is 29.8 Å². The van der Waals surface area contributed by atoms with E-state index in [0.29, 0.717) is 11.3 Å². The Labute approximate surface area is 202 Å². The summed E-state index contributed by atoms with van der Waals surface area (Å²) in [6.45, 7) is 7.91. The third kappa shape index (κ3) is 6.24. The van der Waals surface area contributed by atoms with Gasteiger partial charge in [0.05, 0.1) is 19.8 Å². The van der Waals surface area contributed by atoms with Gasteiger partial charge < -0.3 is 19.6 Å². The summed E-state index contributed by atoms with van der Waals surface area (Å²) < 4.78 is 48.4. The Morgan fingerprint density at radius 1 is 1.03 bits per heavy atom. The number of halogens is 2. The zero-order valence-corrected chi connectivity index (χ0v) is 21.8. The molecule has 0 fully saturated rings. The molecular formula is C26H35F2NO4Si. The van der Waals surface area contributed by atoms with Crippen LogP contribution >= 0.6 is 0 Å². The number of ether oxygens (including phenoxy) is 2. The van der Waals surface area contributed by atoms with Gasteiger partial charge in [-0.15, -0.1) is 0 Å². The summed E-state index contributed by atoms with van der Waals surface area (Å²) in [6, 6.07) is 12.0. The maximum Gasteiger partial charge on any atom is 0.295 e. The van der Waals surface area contributed by atoms with Gasteiger partial charge in [-0.25, -0.2) is 0 Å². The third-order valence-corrected chi connectivity index (χ3v) is 10.9. The number of aryl methyl sites for hydroxylation is 1. The lowest BCUT2D eigenvalue weighted by Gasteiger charge is -2.36. The summed E-state index contributed by atoms with van der Waals surface area (Å²) in [5, 5.41) is 0. The third-order valence-electron chi connectivity index (χ3n) is 6.34. The Balaban J connectivity index is 2.57. The van der Waals surface area contributed by atoms with Gasteiger partial charge in [0.2, 0.25) is 5.91 Å². The fourth-order valence-electron chi connectivity index (χ4n) is 3.89. The number of hydrogen-bond acceptors (Lipinski definition) is 4. The second kappa shape index (κ2) is 11.6. The molecule has 0 spiro atoms. The molecule has 0 bridgehead atoms. The van der Waals surface area contributed by atoms with Crippen LogP contribution in [0.5, 0.6) is 11.5 Å². The smallest absolute Gasteiger partial charge is 0.295 e. The summed E-state index contributed by atoms with van der Waals surface area (Å²) in [7, 11) is 0.469. The van der Waals surface area contributed by atoms with Crippen LogP contribution in [-0.4, -0.2) is 34.4 Å². The maximum absolute atomic E-state index is 15.8.